The van der Waals surface area contributed by atoms with Crippen molar-refractivity contribution in [2.24, 2.45) is 10.1 Å². The molecule has 0 unspecified atom stereocenters. The Bertz CT molecular complexity index is 184. The number of nitrogens with zero attached hydrogens (tertiary/aromatic N) is 1. The molecular weight excluding hydrogens is 183 g/mol. The monoisotopic (exact) mass is 186 g/mol. The molecule has 0 saturated heterocycles. The van der Waals surface area contributed by atoms with Gasteiger partial charge in [-0.15, -0.1) is 0 Å². The third-order valence-corrected chi connectivity index (χ3v) is 0.963. The molecule has 0 bridgehead atoms. The van der Waals surface area contributed by atoms with E-state index in [9.17, 15) is 9.00 Å². The summed E-state index contributed by atoms with van der Waals surface area (Å²) in [5.41, 5.74) is 4.47. The predicted molar refractivity (Wildman–Crippen MR) is 25.9 cm³/mol. The van der Waals surface area contributed by atoms with Gasteiger partial charge in [0.25, 0.3) is 0 Å². The van der Waals surface area contributed by atoms with E-state index in [1.807, 2.05) is 0 Å². The number of nitrogens with two attached hydrogens (primary N) is 1. The van der Waals surface area contributed by atoms with E-state index in [4.69, 9.17) is 0 Å². The summed E-state index contributed by atoms with van der Waals surface area (Å²) in [5, 5.41) is 0. The Morgan fingerprint density at radius 3 is 2.29 bits per heavy atom. The second kappa shape index (κ2) is 2.90. The van der Waals surface area contributed by atoms with Crippen LogP contribution in [0.4, 0.5) is 4.79 Å². The molecule has 2 N–H and O–H groups in total. The molecule has 0 aliphatic heterocycles. The molecule has 7 heavy (non-hydrogen) atoms. The number of amides is 2. The summed E-state index contributed by atoms with van der Waals surface area (Å²) < 4.78 is 12.7. The van der Waals surface area contributed by atoms with E-state index in [1.54, 1.807) is 0 Å². The van der Waals surface area contributed by atoms with Crippen LogP contribution in [0.3, 0.4) is 0 Å². The third kappa shape index (κ3) is 5.81. The van der Waals surface area contributed by atoms with Gasteiger partial charge < -0.3 is 0 Å². The number of primary amides is 1. The van der Waals surface area contributed by atoms with Gasteiger partial charge in [0.2, 0.25) is 0 Å². The van der Waals surface area contributed by atoms with Gasteiger partial charge >= 0.3 is 48.0 Å². The normalized spacial score (nSPS) is 7.43. The molecule has 0 aliphatic carbocycles. The second-order valence-electron chi connectivity index (χ2n) is 0.647. The summed E-state index contributed by atoms with van der Waals surface area (Å²) in [7, 11) is -1.57. The van der Waals surface area contributed by atoms with Crippen molar-refractivity contribution in [2.75, 3.05) is 0 Å². The Morgan fingerprint density at radius 1 is 1.86 bits per heavy atom. The quantitative estimate of drug-likeness (QED) is 0.495. The summed E-state index contributed by atoms with van der Waals surface area (Å²) in [4.78, 5) is 9.65. The van der Waals surface area contributed by atoms with E-state index in [0.29, 0.717) is 0 Å². The molecule has 40 valence electrons. The molecule has 0 radical (unpaired) electrons. The van der Waals surface area contributed by atoms with Crippen molar-refractivity contribution in [3.63, 3.8) is 0 Å². The molecule has 0 spiro atoms. The molecule has 4 nitrogen and oxygen atoms in total. The fraction of sp³-hybridized carbons (Fsp3) is 0. The summed E-state index contributed by atoms with van der Waals surface area (Å²) in [6.07, 6.45) is 0. The SMILES string of the molecule is NC(=O)N=S(=O)=[Se]. The Morgan fingerprint density at radius 2 is 2.29 bits per heavy atom. The molecule has 2 amide bonds. The van der Waals surface area contributed by atoms with Crippen molar-refractivity contribution in [1.82, 2.24) is 0 Å². The summed E-state index contributed by atoms with van der Waals surface area (Å²) in [6.45, 7) is 0. The first-order valence-electron chi connectivity index (χ1n) is 1.23. The molecule has 0 aliphatic rings. The standard InChI is InChI=1S/CH2N2O2SSe/c2-1(4)3-6(5)7/h(H2,2,4). The van der Waals surface area contributed by atoms with Crippen molar-refractivity contribution < 1.29 is 9.00 Å². The van der Waals surface area contributed by atoms with Crippen LogP contribution in [0.1, 0.15) is 0 Å². The molecule has 0 atom stereocenters. The van der Waals surface area contributed by atoms with E-state index in [-0.39, 0.29) is 0 Å². The number of hydrogen-bond donors (Lipinski definition) is 1. The van der Waals surface area contributed by atoms with Crippen LogP contribution in [0.15, 0.2) is 4.36 Å². The number of urea groups is 1. The van der Waals surface area contributed by atoms with Gasteiger partial charge in [0.05, 0.1) is 0 Å². The van der Waals surface area contributed by atoms with E-state index >= 15 is 0 Å². The molecule has 0 heterocycles. The number of hydrogen-bond acceptors (Lipinski definition) is 2. The Hall–Kier alpha value is -0.191. The molecule has 0 rings (SSSR count). The van der Waals surface area contributed by atoms with E-state index in [0.717, 1.165) is 0 Å². The maximum atomic E-state index is 9.84. The van der Waals surface area contributed by atoms with Crippen molar-refractivity contribution in [2.45, 2.75) is 0 Å². The fourth-order valence-corrected chi connectivity index (χ4v) is 0.683. The zero-order chi connectivity index (χ0) is 5.86. The first-order chi connectivity index (χ1) is 3.13. The van der Waals surface area contributed by atoms with Crippen molar-refractivity contribution in [3.05, 3.63) is 0 Å². The van der Waals surface area contributed by atoms with E-state index in [1.165, 1.54) is 0 Å². The van der Waals surface area contributed by atoms with Crippen LogP contribution in [-0.2, 0) is 8.52 Å². The predicted octanol–water partition coefficient (Wildman–Crippen LogP) is -0.919. The molecule has 0 saturated carbocycles. The van der Waals surface area contributed by atoms with Gasteiger partial charge in [0, 0.05) is 0 Å². The van der Waals surface area contributed by atoms with Gasteiger partial charge in [-0.1, -0.05) is 0 Å². The summed E-state index contributed by atoms with van der Waals surface area (Å²) >= 11 is 2.08. The minimum absolute atomic E-state index is 0.919. The number of carbonyl (C=O) groups excluding carboxylic acids is 1. The minimum atomic E-state index is -1.57. The Labute approximate surface area is 48.6 Å². The van der Waals surface area contributed by atoms with Gasteiger partial charge in [-0.25, -0.2) is 0 Å². The van der Waals surface area contributed by atoms with Crippen molar-refractivity contribution >= 4 is 28.9 Å². The van der Waals surface area contributed by atoms with Crippen LogP contribution >= 0.6 is 0 Å². The average molecular weight is 185 g/mol. The Balaban J connectivity index is 4.26. The van der Waals surface area contributed by atoms with E-state index in [2.05, 4.69) is 24.5 Å². The molecule has 0 aromatic rings. The molecule has 6 heteroatoms. The summed E-state index contributed by atoms with van der Waals surface area (Å²) in [6, 6.07) is -0.919. The average Bonchev–Trinajstić information content (AvgIpc) is 1.27. The zero-order valence-electron chi connectivity index (χ0n) is 3.16. The fourth-order valence-electron chi connectivity index (χ4n) is 0.0735. The van der Waals surface area contributed by atoms with Crippen LogP contribution in [0.2, 0.25) is 0 Å². The van der Waals surface area contributed by atoms with Gasteiger partial charge in [-0.2, -0.15) is 0 Å². The van der Waals surface area contributed by atoms with Crippen LogP contribution in [0.25, 0.3) is 0 Å². The second-order valence-corrected chi connectivity index (χ2v) is 3.06. The molecule has 0 aromatic carbocycles. The number of carbonyl (C=O) groups is 1. The third-order valence-electron chi connectivity index (χ3n) is 0.165. The molecule has 0 aromatic heterocycles. The van der Waals surface area contributed by atoms with Crippen LogP contribution in [-0.4, -0.2) is 24.6 Å². The summed E-state index contributed by atoms with van der Waals surface area (Å²) in [5.74, 6) is 0. The first-order valence-corrected chi connectivity index (χ1v) is 4.36. The van der Waals surface area contributed by atoms with Crippen molar-refractivity contribution in [1.29, 1.82) is 0 Å². The number of rotatable bonds is 0. The van der Waals surface area contributed by atoms with Gasteiger partial charge in [-0.3, -0.25) is 0 Å². The first kappa shape index (κ1) is 6.81. The van der Waals surface area contributed by atoms with Crippen LogP contribution in [0.5, 0.6) is 0 Å². The topological polar surface area (TPSA) is 72.5 Å². The maximum absolute atomic E-state index is 9.84. The van der Waals surface area contributed by atoms with E-state index < -0.39 is 14.6 Å². The Kier molecular flexibility index (Phi) is 2.82. The zero-order valence-corrected chi connectivity index (χ0v) is 5.69. The molecule has 0 fully saturated rings. The van der Waals surface area contributed by atoms with Gasteiger partial charge in [0.1, 0.15) is 0 Å². The van der Waals surface area contributed by atoms with Gasteiger partial charge in [-0.05, 0) is 0 Å². The van der Waals surface area contributed by atoms with Crippen LogP contribution < -0.4 is 5.73 Å². The molecular formula is CH2N2O2SSe. The van der Waals surface area contributed by atoms with Crippen LogP contribution in [0, 0.1) is 0 Å². The van der Waals surface area contributed by atoms with Crippen molar-refractivity contribution in [3.8, 4) is 0 Å². The van der Waals surface area contributed by atoms with Gasteiger partial charge in [0.15, 0.2) is 0 Å².